The van der Waals surface area contributed by atoms with Gasteiger partial charge in [0.1, 0.15) is 0 Å². The lowest BCUT2D eigenvalue weighted by molar-refractivity contribution is -0.145. The van der Waals surface area contributed by atoms with E-state index in [0.717, 1.165) is 58.7 Å². The van der Waals surface area contributed by atoms with Crippen LogP contribution in [-0.2, 0) is 14.3 Å². The molecule has 1 aliphatic rings. The maximum Gasteiger partial charge on any atom is 0.320 e. The molecule has 1 atom stereocenters. The van der Waals surface area contributed by atoms with E-state index in [1.54, 1.807) is 0 Å². The molecule has 1 saturated heterocycles. The molecule has 374 valence electrons. The number of rotatable bonds is 49. The number of hydrogen-bond acceptors (Lipinski definition) is 6. The summed E-state index contributed by atoms with van der Waals surface area (Å²) in [5, 5.41) is 0. The van der Waals surface area contributed by atoms with Gasteiger partial charge < -0.3 is 14.5 Å². The molecule has 1 rings (SSSR count). The summed E-state index contributed by atoms with van der Waals surface area (Å²) in [5.41, 5.74) is 0. The van der Waals surface area contributed by atoms with Crippen LogP contribution in [0.1, 0.15) is 266 Å². The van der Waals surface area contributed by atoms with Gasteiger partial charge in [-0.15, -0.1) is 0 Å². The van der Waals surface area contributed by atoms with E-state index < -0.39 is 0 Å². The Morgan fingerprint density at radius 1 is 0.413 bits per heavy atom. The number of carbonyl (C=O) groups is 2. The van der Waals surface area contributed by atoms with Gasteiger partial charge in [0, 0.05) is 26.2 Å². The van der Waals surface area contributed by atoms with Gasteiger partial charge in [-0.3, -0.25) is 19.4 Å². The van der Waals surface area contributed by atoms with Crippen molar-refractivity contribution in [2.45, 2.75) is 266 Å². The maximum absolute atomic E-state index is 13.9. The molecule has 0 aromatic carbocycles. The van der Waals surface area contributed by atoms with E-state index >= 15 is 0 Å². The number of nitrogens with zero attached hydrogens (tertiary/aromatic N) is 4. The van der Waals surface area contributed by atoms with E-state index in [1.165, 1.54) is 231 Å². The van der Waals surface area contributed by atoms with E-state index in [2.05, 4.69) is 54.2 Å². The number of carbonyl (C=O) groups excluding carboxylic acids is 2. The molecule has 0 aliphatic carbocycles. The fraction of sp³-hybridized carbons (Fsp3) is 0.964. The fourth-order valence-corrected chi connectivity index (χ4v) is 9.60. The van der Waals surface area contributed by atoms with Crippen LogP contribution in [0, 0.1) is 5.92 Å². The van der Waals surface area contributed by atoms with E-state index in [4.69, 9.17) is 4.74 Å². The van der Waals surface area contributed by atoms with Crippen LogP contribution in [0.4, 0.5) is 0 Å². The lowest BCUT2D eigenvalue weighted by Crippen LogP contribution is -2.43. The standard InChI is InChI=1S/C56H112N4O3/c1-6-11-16-21-26-31-36-43-57(42-35-30-25-20-15-10-5)48-49-59(46-39-34-29-24-19-14-9-4)52-55(61)60-47-40-54(51-60)41-50-63-56(62)53-58(44-37-32-27-22-17-12-7-2)45-38-33-28-23-18-13-8-3/h54H,6-53H2,1-5H3. The highest BCUT2D eigenvalue weighted by Crippen LogP contribution is 2.21. The van der Waals surface area contributed by atoms with Crippen molar-refractivity contribution in [3.05, 3.63) is 0 Å². The first-order valence-corrected chi connectivity index (χ1v) is 28.6. The van der Waals surface area contributed by atoms with E-state index in [0.29, 0.717) is 31.5 Å². The van der Waals surface area contributed by atoms with E-state index in [-0.39, 0.29) is 5.97 Å². The summed E-state index contributed by atoms with van der Waals surface area (Å²) in [4.78, 5) is 36.8. The zero-order valence-electron chi connectivity index (χ0n) is 43.5. The Morgan fingerprint density at radius 3 is 1.11 bits per heavy atom. The minimum Gasteiger partial charge on any atom is -0.465 e. The van der Waals surface area contributed by atoms with Gasteiger partial charge in [-0.25, -0.2) is 0 Å². The van der Waals surface area contributed by atoms with Gasteiger partial charge in [0.2, 0.25) is 5.91 Å². The Morgan fingerprint density at radius 2 is 0.730 bits per heavy atom. The summed E-state index contributed by atoms with van der Waals surface area (Å²) >= 11 is 0. The second-order valence-electron chi connectivity index (χ2n) is 20.2. The van der Waals surface area contributed by atoms with Crippen molar-refractivity contribution in [1.82, 2.24) is 19.6 Å². The molecule has 0 aromatic rings. The predicted octanol–water partition coefficient (Wildman–Crippen LogP) is 15.0. The van der Waals surface area contributed by atoms with E-state index in [1.807, 2.05) is 0 Å². The summed E-state index contributed by atoms with van der Waals surface area (Å²) in [6.45, 7) is 22.1. The largest absolute Gasteiger partial charge is 0.465 e. The van der Waals surface area contributed by atoms with Crippen molar-refractivity contribution in [3.8, 4) is 0 Å². The Hall–Kier alpha value is -1.18. The summed E-state index contributed by atoms with van der Waals surface area (Å²) in [6.07, 6.45) is 46.8. The highest BCUT2D eigenvalue weighted by atomic mass is 16.5. The van der Waals surface area contributed by atoms with Gasteiger partial charge in [-0.2, -0.15) is 0 Å². The number of esters is 1. The second kappa shape index (κ2) is 46.0. The second-order valence-corrected chi connectivity index (χ2v) is 20.2. The normalized spacial score (nSPS) is 14.3. The highest BCUT2D eigenvalue weighted by Gasteiger charge is 2.27. The molecule has 1 amide bonds. The molecule has 0 N–H and O–H groups in total. The average Bonchev–Trinajstić information content (AvgIpc) is 3.76. The lowest BCUT2D eigenvalue weighted by Gasteiger charge is -2.29. The Balaban J connectivity index is 2.67. The molecule has 0 aromatic heterocycles. The molecule has 0 spiro atoms. The topological polar surface area (TPSA) is 56.3 Å². The summed E-state index contributed by atoms with van der Waals surface area (Å²) < 4.78 is 5.89. The van der Waals surface area contributed by atoms with Gasteiger partial charge in [0.05, 0.1) is 19.7 Å². The van der Waals surface area contributed by atoms with Crippen molar-refractivity contribution in [1.29, 1.82) is 0 Å². The molecule has 1 heterocycles. The van der Waals surface area contributed by atoms with Crippen molar-refractivity contribution < 1.29 is 14.3 Å². The maximum atomic E-state index is 13.9. The first kappa shape index (κ1) is 59.8. The molecular formula is C56H112N4O3. The van der Waals surface area contributed by atoms with Crippen molar-refractivity contribution in [2.75, 3.05) is 78.6 Å². The van der Waals surface area contributed by atoms with Gasteiger partial charge in [0.15, 0.2) is 0 Å². The van der Waals surface area contributed by atoms with Crippen LogP contribution >= 0.6 is 0 Å². The third-order valence-electron chi connectivity index (χ3n) is 14.0. The zero-order valence-corrected chi connectivity index (χ0v) is 43.5. The number of amides is 1. The van der Waals surface area contributed by atoms with Gasteiger partial charge in [0.25, 0.3) is 0 Å². The third-order valence-corrected chi connectivity index (χ3v) is 14.0. The molecule has 1 fully saturated rings. The van der Waals surface area contributed by atoms with Gasteiger partial charge in [-0.1, -0.05) is 221 Å². The molecular weight excluding hydrogens is 777 g/mol. The first-order valence-electron chi connectivity index (χ1n) is 28.6. The number of unbranched alkanes of at least 4 members (excludes halogenated alkanes) is 29. The zero-order chi connectivity index (χ0) is 45.7. The third kappa shape index (κ3) is 37.6. The van der Waals surface area contributed by atoms with Crippen LogP contribution in [-0.4, -0.2) is 110 Å². The van der Waals surface area contributed by atoms with Crippen LogP contribution in [0.15, 0.2) is 0 Å². The molecule has 63 heavy (non-hydrogen) atoms. The lowest BCUT2D eigenvalue weighted by atomic mass is 10.1. The SMILES string of the molecule is CCCCCCCCCN(CCCCCCCC)CCN(CCCCCCCCC)CC(=O)N1CCC(CCOC(=O)CN(CCCCCCCCC)CCCCCCCCC)C1. The molecule has 0 radical (unpaired) electrons. The minimum absolute atomic E-state index is 0.0645. The fourth-order valence-electron chi connectivity index (χ4n) is 9.60. The van der Waals surface area contributed by atoms with Crippen LogP contribution in [0.5, 0.6) is 0 Å². The molecule has 1 aliphatic heterocycles. The first-order chi connectivity index (χ1) is 31.0. The molecule has 0 saturated carbocycles. The summed E-state index contributed by atoms with van der Waals surface area (Å²) in [7, 11) is 0. The number of hydrogen-bond donors (Lipinski definition) is 0. The number of ether oxygens (including phenoxy) is 1. The Kier molecular flexibility index (Phi) is 43.6. The molecule has 7 nitrogen and oxygen atoms in total. The van der Waals surface area contributed by atoms with Gasteiger partial charge >= 0.3 is 5.97 Å². The highest BCUT2D eigenvalue weighted by molar-refractivity contribution is 5.78. The van der Waals surface area contributed by atoms with Crippen molar-refractivity contribution >= 4 is 11.9 Å². The van der Waals surface area contributed by atoms with Crippen LogP contribution in [0.3, 0.4) is 0 Å². The average molecular weight is 890 g/mol. The smallest absolute Gasteiger partial charge is 0.320 e. The van der Waals surface area contributed by atoms with Gasteiger partial charge in [-0.05, 0) is 83.6 Å². The summed E-state index contributed by atoms with van der Waals surface area (Å²) in [5.74, 6) is 0.660. The van der Waals surface area contributed by atoms with Crippen molar-refractivity contribution in [2.24, 2.45) is 5.92 Å². The number of likely N-dealkylation sites (tertiary alicyclic amines) is 1. The Labute approximate surface area is 394 Å². The Bertz CT molecular complexity index is 962. The molecule has 7 heteroatoms. The molecule has 1 unspecified atom stereocenters. The minimum atomic E-state index is -0.0645. The van der Waals surface area contributed by atoms with E-state index in [9.17, 15) is 9.59 Å². The predicted molar refractivity (Wildman–Crippen MR) is 275 cm³/mol. The van der Waals surface area contributed by atoms with Crippen LogP contribution < -0.4 is 0 Å². The van der Waals surface area contributed by atoms with Crippen molar-refractivity contribution in [3.63, 3.8) is 0 Å². The quantitative estimate of drug-likeness (QED) is 0.0448. The molecule has 0 bridgehead atoms. The monoisotopic (exact) mass is 889 g/mol. The van der Waals surface area contributed by atoms with Crippen LogP contribution in [0.25, 0.3) is 0 Å². The summed E-state index contributed by atoms with van der Waals surface area (Å²) in [6, 6.07) is 0. The van der Waals surface area contributed by atoms with Crippen LogP contribution in [0.2, 0.25) is 0 Å².